The van der Waals surface area contributed by atoms with Crippen molar-refractivity contribution in [3.05, 3.63) is 77.1 Å². The summed E-state index contributed by atoms with van der Waals surface area (Å²) in [5.74, 6) is 0. The Morgan fingerprint density at radius 1 is 0.808 bits per heavy atom. The molecular formula is C21H22N2O2S. The highest BCUT2D eigenvalue weighted by Gasteiger charge is 2.17. The van der Waals surface area contributed by atoms with Crippen molar-refractivity contribution in [1.29, 1.82) is 0 Å². The van der Waals surface area contributed by atoms with Gasteiger partial charge >= 0.3 is 0 Å². The lowest BCUT2D eigenvalue weighted by Crippen LogP contribution is -2.14. The number of aromatic nitrogens is 1. The fourth-order valence-corrected chi connectivity index (χ4v) is 4.36. The van der Waals surface area contributed by atoms with Crippen molar-refractivity contribution in [1.82, 2.24) is 4.98 Å². The predicted octanol–water partition coefficient (Wildman–Crippen LogP) is 4.78. The van der Waals surface area contributed by atoms with Gasteiger partial charge in [0.1, 0.15) is 0 Å². The standard InChI is InChI=1S/C21H22N2O2S/c1-14-5-6-16(3)21(11-14)26(24,25)23-18-7-8-19(17(4)12-18)20-13-22-10-9-15(20)2/h5-13,23H,1-4H3. The van der Waals surface area contributed by atoms with Crippen molar-refractivity contribution in [3.63, 3.8) is 0 Å². The number of nitrogens with one attached hydrogen (secondary N) is 1. The second-order valence-electron chi connectivity index (χ2n) is 6.59. The van der Waals surface area contributed by atoms with Gasteiger partial charge in [-0.1, -0.05) is 18.2 Å². The van der Waals surface area contributed by atoms with E-state index in [2.05, 4.69) is 9.71 Å². The molecule has 3 aromatic rings. The molecule has 0 bridgehead atoms. The summed E-state index contributed by atoms with van der Waals surface area (Å²) in [5, 5.41) is 0. The normalized spacial score (nSPS) is 11.4. The Hall–Kier alpha value is -2.66. The van der Waals surface area contributed by atoms with Crippen LogP contribution < -0.4 is 4.72 Å². The third-order valence-electron chi connectivity index (χ3n) is 4.44. The summed E-state index contributed by atoms with van der Waals surface area (Å²) in [5.41, 5.74) is 6.40. The first kappa shape index (κ1) is 18.1. The van der Waals surface area contributed by atoms with Gasteiger partial charge in [0.05, 0.1) is 4.90 Å². The second kappa shape index (κ2) is 6.92. The maximum Gasteiger partial charge on any atom is 0.262 e. The van der Waals surface area contributed by atoms with Gasteiger partial charge in [-0.15, -0.1) is 0 Å². The summed E-state index contributed by atoms with van der Waals surface area (Å²) in [6, 6.07) is 13.0. The molecule has 5 heteroatoms. The van der Waals surface area contributed by atoms with Crippen LogP contribution in [0.3, 0.4) is 0 Å². The average Bonchev–Trinajstić information content (AvgIpc) is 2.58. The average molecular weight is 366 g/mol. The Balaban J connectivity index is 1.95. The van der Waals surface area contributed by atoms with Crippen LogP contribution >= 0.6 is 0 Å². The SMILES string of the molecule is Cc1ccc(C)c(S(=O)(=O)Nc2ccc(-c3cnccc3C)c(C)c2)c1. The molecule has 4 nitrogen and oxygen atoms in total. The van der Waals surface area contributed by atoms with Gasteiger partial charge in [-0.2, -0.15) is 0 Å². The number of sulfonamides is 1. The fourth-order valence-electron chi connectivity index (χ4n) is 2.98. The number of benzene rings is 2. The first-order valence-electron chi connectivity index (χ1n) is 8.39. The van der Waals surface area contributed by atoms with Gasteiger partial charge in [-0.3, -0.25) is 9.71 Å². The Morgan fingerprint density at radius 3 is 2.27 bits per heavy atom. The molecular weight excluding hydrogens is 344 g/mol. The van der Waals surface area contributed by atoms with Gasteiger partial charge in [0.15, 0.2) is 0 Å². The van der Waals surface area contributed by atoms with Crippen molar-refractivity contribution in [2.24, 2.45) is 0 Å². The molecule has 134 valence electrons. The number of hydrogen-bond donors (Lipinski definition) is 1. The molecule has 1 aromatic heterocycles. The summed E-state index contributed by atoms with van der Waals surface area (Å²) in [6.45, 7) is 7.69. The Bertz CT molecular complexity index is 1070. The molecule has 1 N–H and O–H groups in total. The molecule has 0 amide bonds. The molecule has 0 saturated heterocycles. The van der Waals surface area contributed by atoms with Crippen molar-refractivity contribution in [2.45, 2.75) is 32.6 Å². The van der Waals surface area contributed by atoms with Gasteiger partial charge in [0.25, 0.3) is 10.0 Å². The number of hydrogen-bond acceptors (Lipinski definition) is 3. The van der Waals surface area contributed by atoms with E-state index in [1.807, 2.05) is 57.3 Å². The highest BCUT2D eigenvalue weighted by atomic mass is 32.2. The smallest absolute Gasteiger partial charge is 0.262 e. The zero-order valence-electron chi connectivity index (χ0n) is 15.4. The van der Waals surface area contributed by atoms with Crippen LogP contribution in [0.1, 0.15) is 22.3 Å². The third kappa shape index (κ3) is 3.63. The van der Waals surface area contributed by atoms with Crippen molar-refractivity contribution < 1.29 is 8.42 Å². The van der Waals surface area contributed by atoms with Crippen LogP contribution in [0.4, 0.5) is 5.69 Å². The molecule has 1 heterocycles. The first-order valence-corrected chi connectivity index (χ1v) is 9.88. The summed E-state index contributed by atoms with van der Waals surface area (Å²) >= 11 is 0. The first-order chi connectivity index (χ1) is 12.3. The summed E-state index contributed by atoms with van der Waals surface area (Å²) < 4.78 is 28.2. The molecule has 0 radical (unpaired) electrons. The van der Waals surface area contributed by atoms with E-state index in [0.29, 0.717) is 10.6 Å². The van der Waals surface area contributed by atoms with Crippen molar-refractivity contribution in [3.8, 4) is 11.1 Å². The molecule has 0 aliphatic carbocycles. The number of pyridine rings is 1. The highest BCUT2D eigenvalue weighted by molar-refractivity contribution is 7.92. The molecule has 0 atom stereocenters. The van der Waals surface area contributed by atoms with E-state index >= 15 is 0 Å². The topological polar surface area (TPSA) is 59.1 Å². The van der Waals surface area contributed by atoms with E-state index < -0.39 is 10.0 Å². The van der Waals surface area contributed by atoms with E-state index in [1.165, 1.54) is 0 Å². The lowest BCUT2D eigenvalue weighted by atomic mass is 9.98. The number of aryl methyl sites for hydroxylation is 4. The summed E-state index contributed by atoms with van der Waals surface area (Å²) in [7, 11) is -3.63. The maximum absolute atomic E-state index is 12.8. The molecule has 0 spiro atoms. The fraction of sp³-hybridized carbons (Fsp3) is 0.190. The number of nitrogens with zero attached hydrogens (tertiary/aromatic N) is 1. The zero-order valence-corrected chi connectivity index (χ0v) is 16.2. The van der Waals surface area contributed by atoms with Crippen LogP contribution in [0.15, 0.2) is 59.8 Å². The molecule has 0 fully saturated rings. The minimum atomic E-state index is -3.63. The van der Waals surface area contributed by atoms with Gasteiger partial charge in [-0.05, 0) is 79.8 Å². The van der Waals surface area contributed by atoms with Gasteiger partial charge < -0.3 is 0 Å². The molecule has 0 aliphatic rings. The molecule has 0 aliphatic heterocycles. The maximum atomic E-state index is 12.8. The Labute approximate surface area is 155 Å². The monoisotopic (exact) mass is 366 g/mol. The summed E-state index contributed by atoms with van der Waals surface area (Å²) in [4.78, 5) is 4.50. The van der Waals surface area contributed by atoms with E-state index in [9.17, 15) is 8.42 Å². The van der Waals surface area contributed by atoms with Gasteiger partial charge in [0, 0.05) is 23.6 Å². The van der Waals surface area contributed by atoms with Crippen LogP contribution in [0.2, 0.25) is 0 Å². The van der Waals surface area contributed by atoms with Crippen LogP contribution in [-0.4, -0.2) is 13.4 Å². The van der Waals surface area contributed by atoms with E-state index in [0.717, 1.165) is 33.4 Å². The lowest BCUT2D eigenvalue weighted by Gasteiger charge is -2.14. The van der Waals surface area contributed by atoms with Gasteiger partial charge in [0.2, 0.25) is 0 Å². The van der Waals surface area contributed by atoms with Crippen LogP contribution in [0.5, 0.6) is 0 Å². The lowest BCUT2D eigenvalue weighted by molar-refractivity contribution is 0.600. The van der Waals surface area contributed by atoms with Crippen LogP contribution in [-0.2, 0) is 10.0 Å². The minimum Gasteiger partial charge on any atom is -0.280 e. The minimum absolute atomic E-state index is 0.308. The van der Waals surface area contributed by atoms with Gasteiger partial charge in [-0.25, -0.2) is 8.42 Å². The largest absolute Gasteiger partial charge is 0.280 e. The van der Waals surface area contributed by atoms with Crippen LogP contribution in [0.25, 0.3) is 11.1 Å². The second-order valence-corrected chi connectivity index (χ2v) is 8.25. The van der Waals surface area contributed by atoms with Crippen molar-refractivity contribution >= 4 is 15.7 Å². The predicted molar refractivity (Wildman–Crippen MR) is 106 cm³/mol. The summed E-state index contributed by atoms with van der Waals surface area (Å²) in [6.07, 6.45) is 3.60. The van der Waals surface area contributed by atoms with E-state index in [4.69, 9.17) is 0 Å². The molecule has 3 rings (SSSR count). The van der Waals surface area contributed by atoms with E-state index in [-0.39, 0.29) is 0 Å². The third-order valence-corrected chi connectivity index (χ3v) is 5.96. The highest BCUT2D eigenvalue weighted by Crippen LogP contribution is 2.29. The zero-order chi connectivity index (χ0) is 18.9. The number of anilines is 1. The number of rotatable bonds is 4. The molecule has 0 saturated carbocycles. The van der Waals surface area contributed by atoms with E-state index in [1.54, 1.807) is 25.3 Å². The molecule has 2 aromatic carbocycles. The van der Waals surface area contributed by atoms with Crippen molar-refractivity contribution in [2.75, 3.05) is 4.72 Å². The molecule has 0 unspecified atom stereocenters. The Kier molecular flexibility index (Phi) is 4.83. The quantitative estimate of drug-likeness (QED) is 0.723. The Morgan fingerprint density at radius 2 is 1.58 bits per heavy atom. The molecule has 26 heavy (non-hydrogen) atoms. The van der Waals surface area contributed by atoms with Crippen LogP contribution in [0, 0.1) is 27.7 Å².